The molecule has 1 amide bonds. The van der Waals surface area contributed by atoms with Crippen molar-refractivity contribution in [1.29, 1.82) is 0 Å². The van der Waals surface area contributed by atoms with Gasteiger partial charge in [0.05, 0.1) is 12.7 Å². The second-order valence-electron chi connectivity index (χ2n) is 5.99. The van der Waals surface area contributed by atoms with Gasteiger partial charge in [-0.1, -0.05) is 12.1 Å². The van der Waals surface area contributed by atoms with Crippen LogP contribution in [0.4, 0.5) is 0 Å². The molecule has 1 saturated carbocycles. The van der Waals surface area contributed by atoms with Crippen molar-refractivity contribution in [3.8, 4) is 5.75 Å². The van der Waals surface area contributed by atoms with Crippen LogP contribution >= 0.6 is 0 Å². The van der Waals surface area contributed by atoms with Crippen LogP contribution in [0.2, 0.25) is 0 Å². The highest BCUT2D eigenvalue weighted by atomic mass is 16.5. The molecule has 1 aliphatic carbocycles. The third-order valence-electron chi connectivity index (χ3n) is 4.97. The van der Waals surface area contributed by atoms with E-state index in [0.717, 1.165) is 30.7 Å². The highest BCUT2D eigenvalue weighted by Crippen LogP contribution is 2.50. The van der Waals surface area contributed by atoms with Crippen LogP contribution in [-0.2, 0) is 10.4 Å². The minimum Gasteiger partial charge on any atom is -0.497 e. The van der Waals surface area contributed by atoms with Crippen LogP contribution in [0.1, 0.15) is 25.3 Å². The molecule has 1 saturated heterocycles. The molecule has 1 aromatic rings. The summed E-state index contributed by atoms with van der Waals surface area (Å²) in [6, 6.07) is 7.67. The highest BCUT2D eigenvalue weighted by Gasteiger charge is 2.52. The number of aliphatic hydroxyl groups is 1. The van der Waals surface area contributed by atoms with E-state index in [9.17, 15) is 9.90 Å². The fourth-order valence-corrected chi connectivity index (χ4v) is 3.80. The summed E-state index contributed by atoms with van der Waals surface area (Å²) in [6.07, 6.45) is 1.74. The zero-order chi connectivity index (χ0) is 14.3. The van der Waals surface area contributed by atoms with Gasteiger partial charge in [0.15, 0.2) is 0 Å². The van der Waals surface area contributed by atoms with Crippen LogP contribution in [0.25, 0.3) is 0 Å². The Morgan fingerprint density at radius 1 is 1.45 bits per heavy atom. The Balaban J connectivity index is 1.90. The largest absolute Gasteiger partial charge is 0.497 e. The van der Waals surface area contributed by atoms with E-state index in [1.807, 2.05) is 29.2 Å². The van der Waals surface area contributed by atoms with E-state index in [1.54, 1.807) is 14.0 Å². The summed E-state index contributed by atoms with van der Waals surface area (Å²) >= 11 is 0. The van der Waals surface area contributed by atoms with Crippen molar-refractivity contribution in [1.82, 2.24) is 4.90 Å². The van der Waals surface area contributed by atoms with Gasteiger partial charge in [0.25, 0.3) is 0 Å². The summed E-state index contributed by atoms with van der Waals surface area (Å²) in [4.78, 5) is 13.4. The van der Waals surface area contributed by atoms with Crippen molar-refractivity contribution in [3.05, 3.63) is 29.8 Å². The summed E-state index contributed by atoms with van der Waals surface area (Å²) in [7, 11) is 1.63. The number of rotatable bonds is 2. The van der Waals surface area contributed by atoms with Gasteiger partial charge in [0.1, 0.15) is 5.75 Å². The van der Waals surface area contributed by atoms with Gasteiger partial charge < -0.3 is 14.7 Å². The summed E-state index contributed by atoms with van der Waals surface area (Å²) < 4.78 is 5.25. The molecule has 20 heavy (non-hydrogen) atoms. The SMILES string of the molecule is COc1cccc([C@]2(O)CC[C@H]3CN(C(C)=O)C[C@@H]32)c1. The van der Waals surface area contributed by atoms with Crippen molar-refractivity contribution in [2.45, 2.75) is 25.4 Å². The van der Waals surface area contributed by atoms with E-state index in [-0.39, 0.29) is 11.8 Å². The first-order chi connectivity index (χ1) is 9.54. The average molecular weight is 275 g/mol. The number of fused-ring (bicyclic) bond motifs is 1. The Morgan fingerprint density at radius 2 is 2.25 bits per heavy atom. The maximum Gasteiger partial charge on any atom is 0.219 e. The molecule has 3 atom stereocenters. The molecule has 1 heterocycles. The Kier molecular flexibility index (Phi) is 3.21. The second-order valence-corrected chi connectivity index (χ2v) is 5.99. The summed E-state index contributed by atoms with van der Waals surface area (Å²) in [5, 5.41) is 11.2. The Bertz CT molecular complexity index is 530. The molecule has 0 aromatic heterocycles. The zero-order valence-corrected chi connectivity index (χ0v) is 12.0. The van der Waals surface area contributed by atoms with Crippen molar-refractivity contribution < 1.29 is 14.6 Å². The number of carbonyl (C=O) groups is 1. The van der Waals surface area contributed by atoms with Gasteiger partial charge in [-0.3, -0.25) is 4.79 Å². The maximum atomic E-state index is 11.5. The summed E-state index contributed by atoms with van der Waals surface area (Å²) in [5.41, 5.74) is 0.0819. The smallest absolute Gasteiger partial charge is 0.219 e. The number of nitrogens with zero attached hydrogens (tertiary/aromatic N) is 1. The summed E-state index contributed by atoms with van der Waals surface area (Å²) in [5.74, 6) is 1.42. The first-order valence-corrected chi connectivity index (χ1v) is 7.17. The van der Waals surface area contributed by atoms with E-state index in [2.05, 4.69) is 0 Å². The minimum absolute atomic E-state index is 0.104. The van der Waals surface area contributed by atoms with Gasteiger partial charge in [-0.15, -0.1) is 0 Å². The van der Waals surface area contributed by atoms with E-state index in [1.165, 1.54) is 0 Å². The number of likely N-dealkylation sites (tertiary alicyclic amines) is 1. The number of ether oxygens (including phenoxy) is 1. The molecular weight excluding hydrogens is 254 g/mol. The van der Waals surface area contributed by atoms with Crippen LogP contribution in [0, 0.1) is 11.8 Å². The summed E-state index contributed by atoms with van der Waals surface area (Å²) in [6.45, 7) is 3.05. The van der Waals surface area contributed by atoms with Crippen LogP contribution < -0.4 is 4.74 Å². The van der Waals surface area contributed by atoms with Gasteiger partial charge in [0, 0.05) is 25.9 Å². The molecule has 108 valence electrons. The van der Waals surface area contributed by atoms with Crippen LogP contribution in [0.5, 0.6) is 5.75 Å². The lowest BCUT2D eigenvalue weighted by atomic mass is 9.82. The predicted octanol–water partition coefficient (Wildman–Crippen LogP) is 1.77. The number of benzene rings is 1. The number of carbonyl (C=O) groups excluding carboxylic acids is 1. The molecule has 0 spiro atoms. The molecule has 1 aromatic carbocycles. The van der Waals surface area contributed by atoms with E-state index in [0.29, 0.717) is 12.5 Å². The molecule has 4 heteroatoms. The van der Waals surface area contributed by atoms with Crippen molar-refractivity contribution in [2.75, 3.05) is 20.2 Å². The lowest BCUT2D eigenvalue weighted by Gasteiger charge is -2.30. The fourth-order valence-electron chi connectivity index (χ4n) is 3.80. The quantitative estimate of drug-likeness (QED) is 0.895. The Morgan fingerprint density at radius 3 is 2.95 bits per heavy atom. The van der Waals surface area contributed by atoms with E-state index in [4.69, 9.17) is 4.74 Å². The van der Waals surface area contributed by atoms with E-state index >= 15 is 0 Å². The average Bonchev–Trinajstić information content (AvgIpc) is 3.01. The normalized spacial score (nSPS) is 32.2. The molecule has 4 nitrogen and oxygen atoms in total. The topological polar surface area (TPSA) is 49.8 Å². The van der Waals surface area contributed by atoms with Crippen molar-refractivity contribution >= 4 is 5.91 Å². The second kappa shape index (κ2) is 4.77. The Hall–Kier alpha value is -1.55. The molecule has 2 aliphatic rings. The third kappa shape index (κ3) is 1.99. The van der Waals surface area contributed by atoms with Crippen molar-refractivity contribution in [2.24, 2.45) is 11.8 Å². The molecule has 0 bridgehead atoms. The molecule has 2 fully saturated rings. The molecule has 0 unspecified atom stereocenters. The number of amides is 1. The van der Waals surface area contributed by atoms with Gasteiger partial charge >= 0.3 is 0 Å². The predicted molar refractivity (Wildman–Crippen MR) is 75.4 cm³/mol. The molecular formula is C16H21NO3. The molecule has 1 aliphatic heterocycles. The first-order valence-electron chi connectivity index (χ1n) is 7.17. The lowest BCUT2D eigenvalue weighted by Crippen LogP contribution is -2.35. The minimum atomic E-state index is -0.830. The standard InChI is InChI=1S/C16H21NO3/c1-11(18)17-9-12-6-7-16(19,15(12)10-17)13-4-3-5-14(8-13)20-2/h3-5,8,12,15,19H,6-7,9-10H2,1-2H3/t12-,15-,16+/m0/s1. The fraction of sp³-hybridized carbons (Fsp3) is 0.562. The van der Waals surface area contributed by atoms with Crippen LogP contribution in [-0.4, -0.2) is 36.1 Å². The lowest BCUT2D eigenvalue weighted by molar-refractivity contribution is -0.128. The van der Waals surface area contributed by atoms with Gasteiger partial charge in [-0.05, 0) is 36.5 Å². The zero-order valence-electron chi connectivity index (χ0n) is 12.0. The molecule has 1 N–H and O–H groups in total. The number of methoxy groups -OCH3 is 1. The number of hydrogen-bond donors (Lipinski definition) is 1. The monoisotopic (exact) mass is 275 g/mol. The van der Waals surface area contributed by atoms with Crippen molar-refractivity contribution in [3.63, 3.8) is 0 Å². The highest BCUT2D eigenvalue weighted by molar-refractivity contribution is 5.73. The van der Waals surface area contributed by atoms with Gasteiger partial charge in [0.2, 0.25) is 5.91 Å². The third-order valence-corrected chi connectivity index (χ3v) is 4.97. The van der Waals surface area contributed by atoms with Crippen LogP contribution in [0.3, 0.4) is 0 Å². The maximum absolute atomic E-state index is 11.5. The first kappa shape index (κ1) is 13.4. The Labute approximate surface area is 119 Å². The van der Waals surface area contributed by atoms with E-state index < -0.39 is 5.60 Å². The molecule has 3 rings (SSSR count). The number of hydrogen-bond acceptors (Lipinski definition) is 3. The van der Waals surface area contributed by atoms with Gasteiger partial charge in [-0.25, -0.2) is 0 Å². The molecule has 0 radical (unpaired) electrons. The van der Waals surface area contributed by atoms with Gasteiger partial charge in [-0.2, -0.15) is 0 Å². The van der Waals surface area contributed by atoms with Crippen LogP contribution in [0.15, 0.2) is 24.3 Å².